The second-order valence-corrected chi connectivity index (χ2v) is 7.97. The van der Waals surface area contributed by atoms with Gasteiger partial charge >= 0.3 is 0 Å². The minimum Gasteiger partial charge on any atom is -0.359 e. The monoisotopic (exact) mass is 330 g/mol. The Kier molecular flexibility index (Phi) is 5.41. The number of carbonyl (C=O) groups excluding carboxylic acids is 1. The van der Waals surface area contributed by atoms with Gasteiger partial charge in [0, 0.05) is 18.6 Å². The Morgan fingerprint density at radius 3 is 2.67 bits per heavy atom. The fraction of sp³-hybridized carbons (Fsp3) is 0.667. The van der Waals surface area contributed by atoms with Crippen LogP contribution in [0.4, 0.5) is 0 Å². The highest BCUT2D eigenvalue weighted by Gasteiger charge is 2.53. The molecule has 3 heteroatoms. The van der Waals surface area contributed by atoms with E-state index in [2.05, 4.69) is 6.92 Å². The molecule has 24 heavy (non-hydrogen) atoms. The van der Waals surface area contributed by atoms with Gasteiger partial charge in [0.25, 0.3) is 0 Å². The number of ether oxygens (including phenoxy) is 2. The third kappa shape index (κ3) is 3.29. The van der Waals surface area contributed by atoms with Crippen LogP contribution in [0.25, 0.3) is 0 Å². The second kappa shape index (κ2) is 7.37. The van der Waals surface area contributed by atoms with Gasteiger partial charge in [-0.1, -0.05) is 50.1 Å². The van der Waals surface area contributed by atoms with Crippen LogP contribution in [0.15, 0.2) is 30.3 Å². The lowest BCUT2D eigenvalue weighted by Crippen LogP contribution is -2.51. The van der Waals surface area contributed by atoms with E-state index in [0.717, 1.165) is 31.4 Å². The van der Waals surface area contributed by atoms with E-state index in [9.17, 15) is 4.79 Å². The first-order valence-corrected chi connectivity index (χ1v) is 9.26. The van der Waals surface area contributed by atoms with Crippen LogP contribution in [0.3, 0.4) is 0 Å². The smallest absolute Gasteiger partial charge is 0.165 e. The van der Waals surface area contributed by atoms with Gasteiger partial charge in [0.2, 0.25) is 0 Å². The van der Waals surface area contributed by atoms with Crippen LogP contribution in [0.5, 0.6) is 0 Å². The highest BCUT2D eigenvalue weighted by Crippen LogP contribution is 2.60. The molecule has 3 rings (SSSR count). The van der Waals surface area contributed by atoms with Crippen molar-refractivity contribution in [3.8, 4) is 0 Å². The topological polar surface area (TPSA) is 35.5 Å². The lowest BCUT2D eigenvalue weighted by atomic mass is 9.49. The average Bonchev–Trinajstić information content (AvgIpc) is 2.62. The minimum absolute atomic E-state index is 0.122. The lowest BCUT2D eigenvalue weighted by Gasteiger charge is -2.56. The summed E-state index contributed by atoms with van der Waals surface area (Å²) in [5.74, 6) is 0.444. The molecule has 0 radical (unpaired) electrons. The fourth-order valence-corrected chi connectivity index (χ4v) is 5.04. The Labute approximate surface area is 145 Å². The zero-order valence-electron chi connectivity index (χ0n) is 15.1. The minimum atomic E-state index is 0.122. The molecular weight excluding hydrogens is 300 g/mol. The first kappa shape index (κ1) is 17.6. The average molecular weight is 330 g/mol. The van der Waals surface area contributed by atoms with Crippen molar-refractivity contribution in [2.75, 3.05) is 20.5 Å². The number of ketones is 1. The predicted molar refractivity (Wildman–Crippen MR) is 94.9 cm³/mol. The van der Waals surface area contributed by atoms with Crippen molar-refractivity contribution in [2.24, 2.45) is 16.7 Å². The molecule has 0 aliphatic heterocycles. The summed E-state index contributed by atoms with van der Waals surface area (Å²) >= 11 is 0. The van der Waals surface area contributed by atoms with E-state index in [1.807, 2.05) is 30.3 Å². The van der Waals surface area contributed by atoms with Crippen molar-refractivity contribution in [3.05, 3.63) is 35.9 Å². The Hall–Kier alpha value is -1.19. The molecule has 3 atom stereocenters. The molecule has 1 aromatic rings. The third-order valence-corrected chi connectivity index (χ3v) is 6.60. The first-order valence-electron chi connectivity index (χ1n) is 9.26. The summed E-state index contributed by atoms with van der Waals surface area (Å²) in [5.41, 5.74) is 1.28. The highest BCUT2D eigenvalue weighted by molar-refractivity contribution is 5.97. The summed E-state index contributed by atoms with van der Waals surface area (Å²) in [6, 6.07) is 9.78. The predicted octanol–water partition coefficient (Wildman–Crippen LogP) is 4.86. The molecular formula is C21H30O3. The van der Waals surface area contributed by atoms with Crippen LogP contribution in [-0.4, -0.2) is 26.3 Å². The zero-order valence-corrected chi connectivity index (χ0v) is 15.1. The molecule has 0 heterocycles. The van der Waals surface area contributed by atoms with Crippen molar-refractivity contribution >= 4 is 5.78 Å². The Balaban J connectivity index is 1.80. The SMILES string of the molecule is COCOC[C@]12CCCC[C@]1(C)CC[C@@H](C(=O)c1ccccc1)C2. The van der Waals surface area contributed by atoms with Gasteiger partial charge in [-0.2, -0.15) is 0 Å². The van der Waals surface area contributed by atoms with Gasteiger partial charge in [-0.3, -0.25) is 4.79 Å². The lowest BCUT2D eigenvalue weighted by molar-refractivity contribution is -0.139. The van der Waals surface area contributed by atoms with Gasteiger partial charge < -0.3 is 9.47 Å². The van der Waals surface area contributed by atoms with Gasteiger partial charge in [0.15, 0.2) is 5.78 Å². The molecule has 0 unspecified atom stereocenters. The van der Waals surface area contributed by atoms with Crippen molar-refractivity contribution in [3.63, 3.8) is 0 Å². The number of carbonyl (C=O) groups is 1. The van der Waals surface area contributed by atoms with Crippen molar-refractivity contribution in [1.82, 2.24) is 0 Å². The van der Waals surface area contributed by atoms with E-state index >= 15 is 0 Å². The third-order valence-electron chi connectivity index (χ3n) is 6.60. The van der Waals surface area contributed by atoms with Gasteiger partial charge in [0.05, 0.1) is 6.61 Å². The van der Waals surface area contributed by atoms with Crippen LogP contribution in [0, 0.1) is 16.7 Å². The Morgan fingerprint density at radius 2 is 1.92 bits per heavy atom. The number of methoxy groups -OCH3 is 1. The van der Waals surface area contributed by atoms with Crippen LogP contribution in [-0.2, 0) is 9.47 Å². The van der Waals surface area contributed by atoms with Crippen LogP contribution in [0.1, 0.15) is 62.2 Å². The number of hydrogen-bond acceptors (Lipinski definition) is 3. The number of rotatable bonds is 6. The number of Topliss-reactive ketones (excluding diaryl/α,β-unsaturated/α-hetero) is 1. The summed E-state index contributed by atoms with van der Waals surface area (Å²) < 4.78 is 10.9. The molecule has 132 valence electrons. The molecule has 0 aromatic heterocycles. The van der Waals surface area contributed by atoms with E-state index in [0.29, 0.717) is 18.0 Å². The maximum atomic E-state index is 13.0. The number of hydrogen-bond donors (Lipinski definition) is 0. The molecule has 2 fully saturated rings. The van der Waals surface area contributed by atoms with E-state index < -0.39 is 0 Å². The Bertz CT molecular complexity index is 555. The van der Waals surface area contributed by atoms with Gasteiger partial charge in [0.1, 0.15) is 6.79 Å². The summed E-state index contributed by atoms with van der Waals surface area (Å²) in [5, 5.41) is 0. The van der Waals surface area contributed by atoms with Gasteiger partial charge in [-0.05, 0) is 42.9 Å². The molecule has 2 aliphatic carbocycles. The highest BCUT2D eigenvalue weighted by atomic mass is 16.7. The standard InChI is InChI=1S/C21H30O3/c1-20-11-6-7-12-21(20,15-24-16-23-2)14-18(10-13-20)19(22)17-8-4-3-5-9-17/h3-5,8-9,18H,6-7,10-16H2,1-2H3/t18-,20-,21-/m1/s1. The molecule has 1 aromatic carbocycles. The fourth-order valence-electron chi connectivity index (χ4n) is 5.04. The summed E-state index contributed by atoms with van der Waals surface area (Å²) in [7, 11) is 1.67. The van der Waals surface area contributed by atoms with Gasteiger partial charge in [-0.15, -0.1) is 0 Å². The number of benzene rings is 1. The molecule has 0 N–H and O–H groups in total. The molecule has 0 amide bonds. The second-order valence-electron chi connectivity index (χ2n) is 7.97. The maximum absolute atomic E-state index is 13.0. The summed E-state index contributed by atoms with van der Waals surface area (Å²) in [6.45, 7) is 3.48. The molecule has 0 saturated heterocycles. The maximum Gasteiger partial charge on any atom is 0.165 e. The zero-order chi connectivity index (χ0) is 17.0. The molecule has 2 saturated carbocycles. The molecule has 2 aliphatic rings. The van der Waals surface area contributed by atoms with Crippen molar-refractivity contribution in [2.45, 2.75) is 51.9 Å². The largest absolute Gasteiger partial charge is 0.359 e. The quantitative estimate of drug-likeness (QED) is 0.425. The van der Waals surface area contributed by atoms with E-state index in [1.54, 1.807) is 7.11 Å². The first-order chi connectivity index (χ1) is 11.6. The molecule has 0 spiro atoms. The Morgan fingerprint density at radius 1 is 1.17 bits per heavy atom. The summed E-state index contributed by atoms with van der Waals surface area (Å²) in [6.07, 6.45) is 8.09. The number of fused-ring (bicyclic) bond motifs is 1. The van der Waals surface area contributed by atoms with Crippen molar-refractivity contribution < 1.29 is 14.3 Å². The van der Waals surface area contributed by atoms with Crippen LogP contribution >= 0.6 is 0 Å². The summed E-state index contributed by atoms with van der Waals surface area (Å²) in [4.78, 5) is 13.0. The molecule has 3 nitrogen and oxygen atoms in total. The van der Waals surface area contributed by atoms with Crippen LogP contribution in [0.2, 0.25) is 0 Å². The van der Waals surface area contributed by atoms with Crippen LogP contribution < -0.4 is 0 Å². The normalized spacial score (nSPS) is 33.0. The van der Waals surface area contributed by atoms with E-state index in [4.69, 9.17) is 9.47 Å². The van der Waals surface area contributed by atoms with E-state index in [1.165, 1.54) is 25.7 Å². The van der Waals surface area contributed by atoms with Gasteiger partial charge in [-0.25, -0.2) is 0 Å². The van der Waals surface area contributed by atoms with Crippen molar-refractivity contribution in [1.29, 1.82) is 0 Å². The van der Waals surface area contributed by atoms with E-state index in [-0.39, 0.29) is 11.3 Å². The molecule has 0 bridgehead atoms.